The maximum atomic E-state index is 10.6. The highest BCUT2D eigenvalue weighted by Crippen LogP contribution is 2.38. The van der Waals surface area contributed by atoms with Gasteiger partial charge in [-0.25, -0.2) is 0 Å². The van der Waals surface area contributed by atoms with E-state index in [1.807, 2.05) is 45.0 Å². The monoisotopic (exact) mass is 414 g/mol. The smallest absolute Gasteiger partial charge is 0.480 e. The van der Waals surface area contributed by atoms with E-state index in [9.17, 15) is 14.7 Å². The number of rotatable bonds is 5. The lowest BCUT2D eigenvalue weighted by Gasteiger charge is -2.27. The molecule has 1 aliphatic rings. The van der Waals surface area contributed by atoms with Crippen LogP contribution in [0.3, 0.4) is 0 Å². The third-order valence-corrected chi connectivity index (χ3v) is 4.63. The van der Waals surface area contributed by atoms with Crippen molar-refractivity contribution in [2.45, 2.75) is 58.4 Å². The normalized spacial score (nSPS) is 13.9. The number of carboxylic acids is 1. The lowest BCUT2D eigenvalue weighted by molar-refractivity contribution is -0.142. The Kier molecular flexibility index (Phi) is 7.59. The maximum Gasteiger partial charge on any atom is 0.550 e. The predicted octanol–water partition coefficient (Wildman–Crippen LogP) is 3.53. The first-order valence-corrected chi connectivity index (χ1v) is 9.71. The van der Waals surface area contributed by atoms with Crippen molar-refractivity contribution in [1.29, 1.82) is 0 Å². The second kappa shape index (κ2) is 9.73. The van der Waals surface area contributed by atoms with Crippen LogP contribution in [-0.2, 0) is 27.7 Å². The van der Waals surface area contributed by atoms with E-state index in [2.05, 4.69) is 28.3 Å². The highest BCUT2D eigenvalue weighted by Gasteiger charge is 2.27. The van der Waals surface area contributed by atoms with Gasteiger partial charge in [0, 0.05) is 5.54 Å². The molecule has 0 heterocycles. The highest BCUT2D eigenvalue weighted by atomic mass is 16.7. The third kappa shape index (κ3) is 6.30. The van der Waals surface area contributed by atoms with Crippen LogP contribution in [-0.4, -0.2) is 40.0 Å². The summed E-state index contributed by atoms with van der Waals surface area (Å²) in [6.45, 7) is 7.07. The van der Waals surface area contributed by atoms with Gasteiger partial charge in [0.05, 0.1) is 6.10 Å². The van der Waals surface area contributed by atoms with Crippen molar-refractivity contribution >= 4 is 12.1 Å². The molecule has 2 aromatic rings. The quantitative estimate of drug-likeness (QED) is 0.550. The molecule has 3 rings (SSSR count). The van der Waals surface area contributed by atoms with Crippen molar-refractivity contribution in [2.24, 2.45) is 0 Å². The number of carboxylic acid groups (broad SMARTS) is 1. The summed E-state index contributed by atoms with van der Waals surface area (Å²) >= 11 is 0. The van der Waals surface area contributed by atoms with Gasteiger partial charge in [-0.05, 0) is 61.9 Å². The van der Waals surface area contributed by atoms with Crippen LogP contribution in [0.5, 0.6) is 0 Å². The van der Waals surface area contributed by atoms with Crippen LogP contribution in [0.1, 0.15) is 44.4 Å². The van der Waals surface area contributed by atoms with Crippen LogP contribution in [0, 0.1) is 0 Å². The minimum atomic E-state index is -1.48. The largest absolute Gasteiger partial charge is 0.550 e. The van der Waals surface area contributed by atoms with Gasteiger partial charge in [-0.2, -0.15) is 9.90 Å². The molecule has 1 aliphatic carbocycles. The standard InChI is InChI=1S/C15H11O3.C8H17NO3/c16-15(17)18-9-11-5-3-7-13-12-6-2-1-4-10(12)8-14(11)13;1-5(10)6(7(11)12)9-8(2,3)4/h1-7H,8-9H2;5-6,9-10H,1-4H3,(H,11,12). The van der Waals surface area contributed by atoms with E-state index in [-0.39, 0.29) is 12.1 Å². The minimum Gasteiger partial charge on any atom is -0.480 e. The Balaban J connectivity index is 0.000000235. The molecule has 0 saturated carbocycles. The Bertz CT molecular complexity index is 901. The van der Waals surface area contributed by atoms with Crippen molar-refractivity contribution in [3.05, 3.63) is 59.2 Å². The topological polar surface area (TPSA) is 116 Å². The summed E-state index contributed by atoms with van der Waals surface area (Å²) in [6, 6.07) is 13.2. The zero-order valence-corrected chi connectivity index (χ0v) is 17.6. The van der Waals surface area contributed by atoms with Crippen molar-refractivity contribution in [1.82, 2.24) is 5.32 Å². The number of carbonyl (C=O) groups is 2. The Morgan fingerprint density at radius 2 is 1.73 bits per heavy atom. The molecule has 0 aliphatic heterocycles. The van der Waals surface area contributed by atoms with E-state index < -0.39 is 24.3 Å². The van der Waals surface area contributed by atoms with Gasteiger partial charge in [-0.1, -0.05) is 42.5 Å². The average Bonchev–Trinajstić information content (AvgIpc) is 3.03. The molecule has 2 atom stereocenters. The predicted molar refractivity (Wildman–Crippen MR) is 112 cm³/mol. The summed E-state index contributed by atoms with van der Waals surface area (Å²) in [5, 5.41) is 31.0. The molecule has 2 aromatic carbocycles. The van der Waals surface area contributed by atoms with Gasteiger partial charge in [0.2, 0.25) is 0 Å². The van der Waals surface area contributed by atoms with E-state index >= 15 is 0 Å². The molecule has 0 amide bonds. The number of nitrogens with one attached hydrogen (secondary N) is 1. The highest BCUT2D eigenvalue weighted by molar-refractivity contribution is 5.78. The molecule has 0 aromatic heterocycles. The maximum absolute atomic E-state index is 10.6. The molecular formula is C23H28NO6. The fourth-order valence-electron chi connectivity index (χ4n) is 3.35. The van der Waals surface area contributed by atoms with Crippen LogP contribution in [0.25, 0.3) is 11.1 Å². The fourth-order valence-corrected chi connectivity index (χ4v) is 3.35. The van der Waals surface area contributed by atoms with Gasteiger partial charge in [0.1, 0.15) is 12.6 Å². The first kappa shape index (κ1) is 23.4. The molecule has 161 valence electrons. The van der Waals surface area contributed by atoms with Crippen LogP contribution in [0.15, 0.2) is 42.5 Å². The Morgan fingerprint density at radius 3 is 2.27 bits per heavy atom. The number of carbonyl (C=O) groups excluding carboxylic acids is 1. The minimum absolute atomic E-state index is 0.0551. The molecule has 3 N–H and O–H groups in total. The van der Waals surface area contributed by atoms with Crippen molar-refractivity contribution in [3.8, 4) is 11.1 Å². The zero-order chi connectivity index (χ0) is 22.5. The number of benzene rings is 2. The summed E-state index contributed by atoms with van der Waals surface area (Å²) in [5.74, 6) is -1.03. The van der Waals surface area contributed by atoms with E-state index in [1.54, 1.807) is 0 Å². The average molecular weight is 414 g/mol. The van der Waals surface area contributed by atoms with E-state index in [0.29, 0.717) is 0 Å². The second-order valence-corrected chi connectivity index (χ2v) is 8.27. The molecule has 1 radical (unpaired) electrons. The molecule has 0 fully saturated rings. The SMILES string of the molecule is CC(O)C(NC(C)(C)C)C(=O)O.[O]C(=O)OCc1cccc2c1Cc1ccccc1-2. The molecule has 0 bridgehead atoms. The Hall–Kier alpha value is -2.90. The molecule has 2 unspecified atom stereocenters. The van der Waals surface area contributed by atoms with Crippen molar-refractivity contribution in [2.75, 3.05) is 0 Å². The molecule has 7 heteroatoms. The summed E-state index contributed by atoms with van der Waals surface area (Å²) in [4.78, 5) is 21.0. The van der Waals surface area contributed by atoms with Gasteiger partial charge in [0.15, 0.2) is 0 Å². The zero-order valence-electron chi connectivity index (χ0n) is 17.6. The van der Waals surface area contributed by atoms with Crippen molar-refractivity contribution in [3.63, 3.8) is 0 Å². The van der Waals surface area contributed by atoms with Gasteiger partial charge < -0.3 is 14.9 Å². The van der Waals surface area contributed by atoms with E-state index in [4.69, 9.17) is 10.2 Å². The fraction of sp³-hybridized carbons (Fsp3) is 0.391. The Labute approximate surface area is 176 Å². The summed E-state index contributed by atoms with van der Waals surface area (Å²) in [6.07, 6.45) is -1.54. The third-order valence-electron chi connectivity index (χ3n) is 4.63. The lowest BCUT2D eigenvalue weighted by atomic mass is 10.0. The number of aliphatic hydroxyl groups is 1. The first-order chi connectivity index (χ1) is 14.0. The summed E-state index contributed by atoms with van der Waals surface area (Å²) in [5.41, 5.74) is 5.43. The number of ether oxygens (including phenoxy) is 1. The summed E-state index contributed by atoms with van der Waals surface area (Å²) in [7, 11) is 0. The second-order valence-electron chi connectivity index (χ2n) is 8.27. The van der Waals surface area contributed by atoms with Crippen molar-refractivity contribution < 1.29 is 29.6 Å². The van der Waals surface area contributed by atoms with E-state index in [0.717, 1.165) is 17.5 Å². The molecule has 30 heavy (non-hydrogen) atoms. The van der Waals surface area contributed by atoms with Crippen LogP contribution in [0.2, 0.25) is 0 Å². The molecule has 0 saturated heterocycles. The Morgan fingerprint density at radius 1 is 1.10 bits per heavy atom. The lowest BCUT2D eigenvalue weighted by Crippen LogP contribution is -2.52. The van der Waals surface area contributed by atoms with Gasteiger partial charge in [-0.15, -0.1) is 0 Å². The number of aliphatic hydroxyl groups excluding tert-OH is 1. The van der Waals surface area contributed by atoms with E-state index in [1.165, 1.54) is 23.6 Å². The number of hydrogen-bond acceptors (Lipinski definition) is 5. The first-order valence-electron chi connectivity index (χ1n) is 9.71. The van der Waals surface area contributed by atoms with Crippen LogP contribution < -0.4 is 5.32 Å². The number of hydrogen-bond donors (Lipinski definition) is 3. The van der Waals surface area contributed by atoms with Crippen LogP contribution >= 0.6 is 0 Å². The summed E-state index contributed by atoms with van der Waals surface area (Å²) < 4.78 is 4.56. The van der Waals surface area contributed by atoms with Gasteiger partial charge >= 0.3 is 12.1 Å². The molecular weight excluding hydrogens is 386 g/mol. The van der Waals surface area contributed by atoms with Gasteiger partial charge in [0.25, 0.3) is 0 Å². The number of fused-ring (bicyclic) bond motifs is 3. The van der Waals surface area contributed by atoms with Crippen LogP contribution in [0.4, 0.5) is 4.79 Å². The van der Waals surface area contributed by atoms with Gasteiger partial charge in [-0.3, -0.25) is 10.1 Å². The molecule has 0 spiro atoms. The molecule has 7 nitrogen and oxygen atoms in total. The number of aliphatic carboxylic acids is 1.